The molecule has 0 aromatic carbocycles. The van der Waals surface area contributed by atoms with Gasteiger partial charge in [-0.05, 0) is 52.5 Å². The first-order valence-electron chi connectivity index (χ1n) is 6.20. The summed E-state index contributed by atoms with van der Waals surface area (Å²) in [5.41, 5.74) is -0.178. The van der Waals surface area contributed by atoms with Crippen LogP contribution in [0.2, 0.25) is 0 Å². The average Bonchev–Trinajstić information content (AvgIpc) is 2.70. The minimum Gasteiger partial charge on any atom is -0.314 e. The van der Waals surface area contributed by atoms with E-state index in [4.69, 9.17) is 5.26 Å². The second kappa shape index (κ2) is 5.51. The SMILES string of the molecule is C[C@@H](NCCC(C)(C)C#N)C1CCCC1. The van der Waals surface area contributed by atoms with Crippen molar-refractivity contribution >= 4 is 0 Å². The molecule has 1 aliphatic rings. The lowest BCUT2D eigenvalue weighted by Crippen LogP contribution is -2.34. The van der Waals surface area contributed by atoms with E-state index in [0.717, 1.165) is 18.9 Å². The summed E-state index contributed by atoms with van der Waals surface area (Å²) in [6, 6.07) is 2.97. The van der Waals surface area contributed by atoms with Gasteiger partial charge in [-0.25, -0.2) is 0 Å². The summed E-state index contributed by atoms with van der Waals surface area (Å²) in [7, 11) is 0. The summed E-state index contributed by atoms with van der Waals surface area (Å²) < 4.78 is 0. The lowest BCUT2D eigenvalue weighted by atomic mass is 9.91. The van der Waals surface area contributed by atoms with Crippen LogP contribution >= 0.6 is 0 Å². The van der Waals surface area contributed by atoms with E-state index >= 15 is 0 Å². The van der Waals surface area contributed by atoms with Crippen molar-refractivity contribution in [3.63, 3.8) is 0 Å². The maximum atomic E-state index is 8.89. The van der Waals surface area contributed by atoms with Crippen LogP contribution in [0, 0.1) is 22.7 Å². The molecule has 1 saturated carbocycles. The maximum absolute atomic E-state index is 8.89. The van der Waals surface area contributed by atoms with Crippen molar-refractivity contribution in [2.75, 3.05) is 6.54 Å². The highest BCUT2D eigenvalue weighted by molar-refractivity contribution is 4.92. The molecule has 0 heterocycles. The summed E-state index contributed by atoms with van der Waals surface area (Å²) in [5, 5.41) is 12.5. The lowest BCUT2D eigenvalue weighted by Gasteiger charge is -2.22. The first-order chi connectivity index (χ1) is 7.05. The van der Waals surface area contributed by atoms with Crippen LogP contribution in [0.25, 0.3) is 0 Å². The van der Waals surface area contributed by atoms with E-state index in [1.165, 1.54) is 25.7 Å². The second-order valence-corrected chi connectivity index (χ2v) is 5.53. The molecule has 0 saturated heterocycles. The molecule has 1 rings (SSSR count). The molecule has 0 radical (unpaired) electrons. The van der Waals surface area contributed by atoms with Crippen molar-refractivity contribution in [1.82, 2.24) is 5.32 Å². The van der Waals surface area contributed by atoms with Crippen LogP contribution in [0.3, 0.4) is 0 Å². The largest absolute Gasteiger partial charge is 0.314 e. The van der Waals surface area contributed by atoms with Crippen molar-refractivity contribution < 1.29 is 0 Å². The number of hydrogen-bond acceptors (Lipinski definition) is 2. The molecule has 15 heavy (non-hydrogen) atoms. The zero-order chi connectivity index (χ0) is 11.3. The summed E-state index contributed by atoms with van der Waals surface area (Å²) >= 11 is 0. The number of nitriles is 1. The Morgan fingerprint density at radius 1 is 1.40 bits per heavy atom. The Kier molecular flexibility index (Phi) is 4.60. The van der Waals surface area contributed by atoms with Crippen molar-refractivity contribution in [3.05, 3.63) is 0 Å². The van der Waals surface area contributed by atoms with Crippen molar-refractivity contribution in [2.24, 2.45) is 11.3 Å². The van der Waals surface area contributed by atoms with Gasteiger partial charge in [-0.2, -0.15) is 5.26 Å². The van der Waals surface area contributed by atoms with Gasteiger partial charge < -0.3 is 5.32 Å². The molecule has 0 bridgehead atoms. The highest BCUT2D eigenvalue weighted by Gasteiger charge is 2.22. The Morgan fingerprint density at radius 3 is 2.53 bits per heavy atom. The highest BCUT2D eigenvalue weighted by Crippen LogP contribution is 2.27. The van der Waals surface area contributed by atoms with Crippen LogP contribution < -0.4 is 5.32 Å². The summed E-state index contributed by atoms with van der Waals surface area (Å²) in [6.07, 6.45) is 6.52. The summed E-state index contributed by atoms with van der Waals surface area (Å²) in [4.78, 5) is 0. The molecule has 0 aromatic rings. The fourth-order valence-electron chi connectivity index (χ4n) is 2.29. The zero-order valence-corrected chi connectivity index (χ0v) is 10.3. The Morgan fingerprint density at radius 2 is 2.00 bits per heavy atom. The number of nitrogens with zero attached hydrogens (tertiary/aromatic N) is 1. The van der Waals surface area contributed by atoms with Gasteiger partial charge in [-0.15, -0.1) is 0 Å². The monoisotopic (exact) mass is 208 g/mol. The minimum atomic E-state index is -0.178. The van der Waals surface area contributed by atoms with Gasteiger partial charge in [0.1, 0.15) is 0 Å². The Hall–Kier alpha value is -0.550. The Bertz CT molecular complexity index is 221. The van der Waals surface area contributed by atoms with E-state index in [9.17, 15) is 0 Å². The molecular formula is C13H24N2. The normalized spacial score (nSPS) is 20.1. The minimum absolute atomic E-state index is 0.178. The van der Waals surface area contributed by atoms with E-state index in [1.54, 1.807) is 0 Å². The predicted octanol–water partition coefficient (Wildman–Crippen LogP) is 3.09. The Balaban J connectivity index is 2.17. The van der Waals surface area contributed by atoms with Crippen molar-refractivity contribution in [3.8, 4) is 6.07 Å². The van der Waals surface area contributed by atoms with Crippen LogP contribution in [0.5, 0.6) is 0 Å². The molecule has 1 N–H and O–H groups in total. The van der Waals surface area contributed by atoms with Crippen LogP contribution in [0.15, 0.2) is 0 Å². The third kappa shape index (κ3) is 4.22. The molecule has 0 unspecified atom stereocenters. The summed E-state index contributed by atoms with van der Waals surface area (Å²) in [6.45, 7) is 7.28. The standard InChI is InChI=1S/C13H24N2/c1-11(12-6-4-5-7-12)15-9-8-13(2,3)10-14/h11-12,15H,4-9H2,1-3H3/t11-/m1/s1. The fraction of sp³-hybridized carbons (Fsp3) is 0.923. The maximum Gasteiger partial charge on any atom is 0.0684 e. The van der Waals surface area contributed by atoms with Crippen LogP contribution in [0.4, 0.5) is 0 Å². The molecule has 1 atom stereocenters. The fourth-order valence-corrected chi connectivity index (χ4v) is 2.29. The van der Waals surface area contributed by atoms with E-state index in [1.807, 2.05) is 13.8 Å². The van der Waals surface area contributed by atoms with Gasteiger partial charge in [-0.3, -0.25) is 0 Å². The number of hydrogen-bond donors (Lipinski definition) is 1. The molecule has 1 fully saturated rings. The topological polar surface area (TPSA) is 35.8 Å². The van der Waals surface area contributed by atoms with E-state index < -0.39 is 0 Å². The van der Waals surface area contributed by atoms with Crippen LogP contribution in [0.1, 0.15) is 52.9 Å². The number of nitrogens with one attached hydrogen (secondary N) is 1. The van der Waals surface area contributed by atoms with Crippen molar-refractivity contribution in [2.45, 2.75) is 58.9 Å². The van der Waals surface area contributed by atoms with Crippen LogP contribution in [-0.4, -0.2) is 12.6 Å². The number of rotatable bonds is 5. The third-order valence-corrected chi connectivity index (χ3v) is 3.63. The molecule has 0 amide bonds. The first kappa shape index (κ1) is 12.5. The van der Waals surface area contributed by atoms with Crippen LogP contribution in [-0.2, 0) is 0 Å². The first-order valence-corrected chi connectivity index (χ1v) is 6.20. The van der Waals surface area contributed by atoms with E-state index in [-0.39, 0.29) is 5.41 Å². The van der Waals surface area contributed by atoms with Gasteiger partial charge in [-0.1, -0.05) is 12.8 Å². The van der Waals surface area contributed by atoms with Gasteiger partial charge in [0.15, 0.2) is 0 Å². The van der Waals surface area contributed by atoms with Gasteiger partial charge in [0.25, 0.3) is 0 Å². The highest BCUT2D eigenvalue weighted by atomic mass is 14.9. The van der Waals surface area contributed by atoms with Crippen molar-refractivity contribution in [1.29, 1.82) is 5.26 Å². The molecule has 0 spiro atoms. The van der Waals surface area contributed by atoms with Gasteiger partial charge in [0.05, 0.1) is 11.5 Å². The Labute approximate surface area is 94.1 Å². The molecule has 86 valence electrons. The van der Waals surface area contributed by atoms with E-state index in [2.05, 4.69) is 18.3 Å². The van der Waals surface area contributed by atoms with Gasteiger partial charge in [0, 0.05) is 6.04 Å². The molecule has 0 aliphatic heterocycles. The smallest absolute Gasteiger partial charge is 0.0684 e. The molecule has 2 nitrogen and oxygen atoms in total. The molecule has 0 aromatic heterocycles. The van der Waals surface area contributed by atoms with Gasteiger partial charge >= 0.3 is 0 Å². The molecular weight excluding hydrogens is 184 g/mol. The molecule has 2 heteroatoms. The second-order valence-electron chi connectivity index (χ2n) is 5.53. The molecule has 1 aliphatic carbocycles. The third-order valence-electron chi connectivity index (χ3n) is 3.63. The average molecular weight is 208 g/mol. The zero-order valence-electron chi connectivity index (χ0n) is 10.3. The summed E-state index contributed by atoms with van der Waals surface area (Å²) in [5.74, 6) is 0.871. The lowest BCUT2D eigenvalue weighted by molar-refractivity contribution is 0.351. The predicted molar refractivity (Wildman–Crippen MR) is 63.4 cm³/mol. The quantitative estimate of drug-likeness (QED) is 0.753. The van der Waals surface area contributed by atoms with Gasteiger partial charge in [0.2, 0.25) is 0 Å². The van der Waals surface area contributed by atoms with E-state index in [0.29, 0.717) is 6.04 Å².